The third kappa shape index (κ3) is 5.04. The summed E-state index contributed by atoms with van der Waals surface area (Å²) in [6.45, 7) is 1.62. The molecule has 1 atom stereocenters. The Morgan fingerprint density at radius 3 is 2.81 bits per heavy atom. The second-order valence-corrected chi connectivity index (χ2v) is 5.18. The van der Waals surface area contributed by atoms with Crippen LogP contribution in [0.2, 0.25) is 0 Å². The highest BCUT2D eigenvalue weighted by Crippen LogP contribution is 2.19. The number of benzene rings is 1. The molecule has 0 aromatic heterocycles. The molecule has 0 spiro atoms. The molecule has 3 amide bonds. The average molecular weight is 287 g/mol. The Bertz CT molecular complexity index is 514. The van der Waals surface area contributed by atoms with E-state index in [9.17, 15) is 9.59 Å². The van der Waals surface area contributed by atoms with Crippen molar-refractivity contribution in [2.24, 2.45) is 5.73 Å². The number of carbonyl (C=O) groups is 2. The summed E-state index contributed by atoms with van der Waals surface area (Å²) in [7, 11) is 0. The van der Waals surface area contributed by atoms with Crippen LogP contribution in [0.4, 0.5) is 4.79 Å². The molecule has 21 heavy (non-hydrogen) atoms. The SMILES string of the molecule is NC(=O)NC(=O)CCN1CCC[C@@H]1/C=C/c1ccccc1. The van der Waals surface area contributed by atoms with E-state index < -0.39 is 6.03 Å². The summed E-state index contributed by atoms with van der Waals surface area (Å²) in [5.74, 6) is -0.319. The molecule has 1 aliphatic rings. The number of nitrogens with zero attached hydrogens (tertiary/aromatic N) is 1. The van der Waals surface area contributed by atoms with Gasteiger partial charge in [0, 0.05) is 19.0 Å². The van der Waals surface area contributed by atoms with Crippen molar-refractivity contribution in [3.63, 3.8) is 0 Å². The smallest absolute Gasteiger partial charge is 0.318 e. The van der Waals surface area contributed by atoms with Crippen molar-refractivity contribution < 1.29 is 9.59 Å². The first kappa shape index (κ1) is 15.3. The monoisotopic (exact) mass is 287 g/mol. The molecule has 0 radical (unpaired) electrons. The summed E-state index contributed by atoms with van der Waals surface area (Å²) in [6.07, 6.45) is 6.82. The fourth-order valence-electron chi connectivity index (χ4n) is 2.58. The zero-order valence-corrected chi connectivity index (χ0v) is 12.0. The van der Waals surface area contributed by atoms with Gasteiger partial charge in [-0.3, -0.25) is 15.0 Å². The summed E-state index contributed by atoms with van der Waals surface area (Å²) in [5, 5.41) is 2.09. The Kier molecular flexibility index (Phi) is 5.51. The molecule has 0 unspecified atom stereocenters. The maximum absolute atomic E-state index is 11.4. The zero-order chi connectivity index (χ0) is 15.1. The van der Waals surface area contributed by atoms with E-state index in [1.54, 1.807) is 0 Å². The summed E-state index contributed by atoms with van der Waals surface area (Å²) < 4.78 is 0. The molecule has 1 aliphatic heterocycles. The van der Waals surface area contributed by atoms with Gasteiger partial charge in [-0.1, -0.05) is 42.5 Å². The predicted octanol–water partition coefficient (Wildman–Crippen LogP) is 1.75. The number of nitrogens with two attached hydrogens (primary N) is 1. The van der Waals surface area contributed by atoms with E-state index in [4.69, 9.17) is 5.73 Å². The van der Waals surface area contributed by atoms with Crippen LogP contribution >= 0.6 is 0 Å². The number of likely N-dealkylation sites (tertiary alicyclic amines) is 1. The maximum atomic E-state index is 11.4. The molecule has 1 saturated heterocycles. The van der Waals surface area contributed by atoms with E-state index in [-0.39, 0.29) is 5.91 Å². The molecule has 1 aromatic rings. The molecule has 0 saturated carbocycles. The molecular weight excluding hydrogens is 266 g/mol. The van der Waals surface area contributed by atoms with Gasteiger partial charge in [0.05, 0.1) is 0 Å². The van der Waals surface area contributed by atoms with Crippen LogP contribution in [0.5, 0.6) is 0 Å². The number of amides is 3. The first-order chi connectivity index (χ1) is 10.1. The van der Waals surface area contributed by atoms with Crippen molar-refractivity contribution in [2.45, 2.75) is 25.3 Å². The van der Waals surface area contributed by atoms with E-state index in [1.807, 2.05) is 18.2 Å². The van der Waals surface area contributed by atoms with E-state index >= 15 is 0 Å². The summed E-state index contributed by atoms with van der Waals surface area (Å²) >= 11 is 0. The molecule has 2 rings (SSSR count). The van der Waals surface area contributed by atoms with Crippen molar-refractivity contribution in [1.82, 2.24) is 10.2 Å². The summed E-state index contributed by atoms with van der Waals surface area (Å²) in [5.41, 5.74) is 6.10. The van der Waals surface area contributed by atoms with E-state index in [2.05, 4.69) is 34.5 Å². The Balaban J connectivity index is 1.84. The molecule has 5 heteroatoms. The van der Waals surface area contributed by atoms with Crippen molar-refractivity contribution in [1.29, 1.82) is 0 Å². The average Bonchev–Trinajstić information content (AvgIpc) is 2.91. The van der Waals surface area contributed by atoms with E-state index in [0.717, 1.165) is 19.4 Å². The van der Waals surface area contributed by atoms with Gasteiger partial charge in [0.2, 0.25) is 5.91 Å². The van der Waals surface area contributed by atoms with Gasteiger partial charge in [-0.05, 0) is 24.9 Å². The quantitative estimate of drug-likeness (QED) is 0.866. The lowest BCUT2D eigenvalue weighted by Crippen LogP contribution is -2.38. The molecule has 112 valence electrons. The highest BCUT2D eigenvalue weighted by atomic mass is 16.2. The third-order valence-electron chi connectivity index (χ3n) is 3.61. The Morgan fingerprint density at radius 2 is 2.10 bits per heavy atom. The topological polar surface area (TPSA) is 75.4 Å². The van der Waals surface area contributed by atoms with Crippen LogP contribution in [0.25, 0.3) is 6.08 Å². The Labute approximate surface area is 124 Å². The molecule has 5 nitrogen and oxygen atoms in total. The number of urea groups is 1. The van der Waals surface area contributed by atoms with Crippen LogP contribution in [-0.2, 0) is 4.79 Å². The van der Waals surface area contributed by atoms with Crippen LogP contribution in [0.1, 0.15) is 24.8 Å². The van der Waals surface area contributed by atoms with Gasteiger partial charge >= 0.3 is 6.03 Å². The van der Waals surface area contributed by atoms with Crippen LogP contribution in [0.15, 0.2) is 36.4 Å². The number of nitrogens with one attached hydrogen (secondary N) is 1. The number of rotatable bonds is 5. The second kappa shape index (κ2) is 7.59. The molecular formula is C16H21N3O2. The Hall–Kier alpha value is -2.14. The number of primary amides is 1. The molecule has 0 bridgehead atoms. The van der Waals surface area contributed by atoms with Crippen molar-refractivity contribution in [2.75, 3.05) is 13.1 Å². The fraction of sp³-hybridized carbons (Fsp3) is 0.375. The van der Waals surface area contributed by atoms with Crippen molar-refractivity contribution in [3.05, 3.63) is 42.0 Å². The predicted molar refractivity (Wildman–Crippen MR) is 82.4 cm³/mol. The first-order valence-electron chi connectivity index (χ1n) is 7.22. The van der Waals surface area contributed by atoms with Gasteiger partial charge in [-0.15, -0.1) is 0 Å². The Morgan fingerprint density at radius 1 is 1.33 bits per heavy atom. The van der Waals surface area contributed by atoms with E-state index in [0.29, 0.717) is 19.0 Å². The largest absolute Gasteiger partial charge is 0.351 e. The van der Waals surface area contributed by atoms with Gasteiger partial charge in [0.25, 0.3) is 0 Å². The lowest BCUT2D eigenvalue weighted by Gasteiger charge is -2.21. The normalized spacial score (nSPS) is 19.0. The van der Waals surface area contributed by atoms with Crippen LogP contribution in [0.3, 0.4) is 0 Å². The maximum Gasteiger partial charge on any atom is 0.318 e. The van der Waals surface area contributed by atoms with Gasteiger partial charge in [0.1, 0.15) is 0 Å². The molecule has 0 aliphatic carbocycles. The van der Waals surface area contributed by atoms with Gasteiger partial charge in [0.15, 0.2) is 0 Å². The standard InChI is InChI=1S/C16H21N3O2/c17-16(21)18-15(20)10-12-19-11-4-7-14(19)9-8-13-5-2-1-3-6-13/h1-3,5-6,8-9,14H,4,7,10-12H2,(H3,17,18,20,21)/b9-8+/t14-/m1/s1. The van der Waals surface area contributed by atoms with E-state index in [1.165, 1.54) is 5.56 Å². The lowest BCUT2D eigenvalue weighted by molar-refractivity contribution is -0.120. The number of imide groups is 1. The zero-order valence-electron chi connectivity index (χ0n) is 12.0. The minimum Gasteiger partial charge on any atom is -0.351 e. The van der Waals surface area contributed by atoms with Crippen molar-refractivity contribution in [3.8, 4) is 0 Å². The van der Waals surface area contributed by atoms with Gasteiger partial charge < -0.3 is 5.73 Å². The molecule has 1 heterocycles. The molecule has 1 fully saturated rings. The highest BCUT2D eigenvalue weighted by Gasteiger charge is 2.22. The summed E-state index contributed by atoms with van der Waals surface area (Å²) in [6, 6.07) is 9.72. The molecule has 1 aromatic carbocycles. The van der Waals surface area contributed by atoms with Crippen LogP contribution in [0, 0.1) is 0 Å². The van der Waals surface area contributed by atoms with Gasteiger partial charge in [-0.25, -0.2) is 4.79 Å². The van der Waals surface area contributed by atoms with Crippen LogP contribution < -0.4 is 11.1 Å². The highest BCUT2D eigenvalue weighted by molar-refractivity contribution is 5.93. The second-order valence-electron chi connectivity index (χ2n) is 5.18. The minimum absolute atomic E-state index is 0.290. The number of hydrogen-bond donors (Lipinski definition) is 2. The molecule has 3 N–H and O–H groups in total. The van der Waals surface area contributed by atoms with Crippen molar-refractivity contribution >= 4 is 18.0 Å². The minimum atomic E-state index is -0.790. The van der Waals surface area contributed by atoms with Crippen LogP contribution in [-0.4, -0.2) is 36.0 Å². The number of carbonyl (C=O) groups excluding carboxylic acids is 2. The fourth-order valence-corrected chi connectivity index (χ4v) is 2.58. The first-order valence-corrected chi connectivity index (χ1v) is 7.22. The lowest BCUT2D eigenvalue weighted by atomic mass is 10.1. The van der Waals surface area contributed by atoms with Gasteiger partial charge in [-0.2, -0.15) is 0 Å². The third-order valence-corrected chi connectivity index (χ3v) is 3.61. The number of hydrogen-bond acceptors (Lipinski definition) is 3. The summed E-state index contributed by atoms with van der Waals surface area (Å²) in [4.78, 5) is 24.3.